The minimum Gasteiger partial charge on any atom is -0.459 e. The largest absolute Gasteiger partial charge is 0.459 e. The molecule has 5 rings (SSSR count). The van der Waals surface area contributed by atoms with Gasteiger partial charge in [0.2, 0.25) is 0 Å². The molecule has 1 aliphatic heterocycles. The van der Waals surface area contributed by atoms with Gasteiger partial charge in [-0.25, -0.2) is 9.97 Å². The Kier molecular flexibility index (Phi) is 5.04. The first-order valence-corrected chi connectivity index (χ1v) is 12.0. The smallest absolute Gasteiger partial charge is 0.289 e. The second-order valence-electron chi connectivity index (χ2n) is 9.84. The van der Waals surface area contributed by atoms with Crippen molar-refractivity contribution in [1.29, 1.82) is 0 Å². The maximum atomic E-state index is 12.6. The quantitative estimate of drug-likeness (QED) is 0.580. The van der Waals surface area contributed by atoms with Crippen molar-refractivity contribution in [3.63, 3.8) is 0 Å². The summed E-state index contributed by atoms with van der Waals surface area (Å²) in [6, 6.07) is 3.49. The molecule has 0 unspecified atom stereocenters. The number of piperazine rings is 1. The molecule has 1 amide bonds. The van der Waals surface area contributed by atoms with Crippen LogP contribution in [0.2, 0.25) is 0 Å². The molecule has 3 aromatic rings. The van der Waals surface area contributed by atoms with Gasteiger partial charge in [0.1, 0.15) is 16.5 Å². The first kappa shape index (κ1) is 20.5. The van der Waals surface area contributed by atoms with Gasteiger partial charge in [-0.2, -0.15) is 0 Å². The molecule has 0 bridgehead atoms. The van der Waals surface area contributed by atoms with Gasteiger partial charge in [-0.05, 0) is 55.2 Å². The highest BCUT2D eigenvalue weighted by molar-refractivity contribution is 7.19. The number of hydrogen-bond donors (Lipinski definition) is 0. The number of carbonyl (C=O) groups is 1. The third kappa shape index (κ3) is 3.73. The molecule has 0 saturated carbocycles. The van der Waals surface area contributed by atoms with E-state index in [2.05, 4.69) is 25.7 Å². The van der Waals surface area contributed by atoms with E-state index in [1.54, 1.807) is 18.4 Å². The highest BCUT2D eigenvalue weighted by Gasteiger charge is 2.33. The number of rotatable bonds is 2. The number of furan rings is 1. The number of amides is 1. The van der Waals surface area contributed by atoms with Gasteiger partial charge in [-0.15, -0.1) is 11.3 Å². The normalized spacial score (nSPS) is 19.7. The monoisotopic (exact) mass is 438 g/mol. The molecule has 2 aliphatic rings. The van der Waals surface area contributed by atoms with E-state index < -0.39 is 0 Å². The topological polar surface area (TPSA) is 62.5 Å². The molecule has 0 spiro atoms. The molecule has 3 aromatic heterocycles. The van der Waals surface area contributed by atoms with Crippen molar-refractivity contribution < 1.29 is 9.21 Å². The van der Waals surface area contributed by atoms with Crippen LogP contribution in [0.5, 0.6) is 0 Å². The summed E-state index contributed by atoms with van der Waals surface area (Å²) in [5, 5.41) is 1.25. The first-order chi connectivity index (χ1) is 14.8. The molecule has 31 heavy (non-hydrogen) atoms. The van der Waals surface area contributed by atoms with Gasteiger partial charge in [0.15, 0.2) is 5.76 Å². The highest BCUT2D eigenvalue weighted by atomic mass is 32.1. The van der Waals surface area contributed by atoms with Crippen molar-refractivity contribution in [2.75, 3.05) is 31.1 Å². The maximum Gasteiger partial charge on any atom is 0.289 e. The van der Waals surface area contributed by atoms with Gasteiger partial charge in [0.25, 0.3) is 5.91 Å². The zero-order chi connectivity index (χ0) is 21.8. The Hall–Kier alpha value is -2.41. The predicted molar refractivity (Wildman–Crippen MR) is 124 cm³/mol. The van der Waals surface area contributed by atoms with Crippen molar-refractivity contribution in [2.45, 2.75) is 47.0 Å². The van der Waals surface area contributed by atoms with E-state index in [9.17, 15) is 4.79 Å². The average Bonchev–Trinajstić information content (AvgIpc) is 3.39. The maximum absolute atomic E-state index is 12.6. The zero-order valence-corrected chi connectivity index (χ0v) is 19.6. The van der Waals surface area contributed by atoms with E-state index in [4.69, 9.17) is 14.4 Å². The van der Waals surface area contributed by atoms with E-state index >= 15 is 0 Å². The van der Waals surface area contributed by atoms with Gasteiger partial charge in [-0.1, -0.05) is 20.8 Å². The summed E-state index contributed by atoms with van der Waals surface area (Å²) in [4.78, 5) is 29.1. The van der Waals surface area contributed by atoms with E-state index in [0.29, 0.717) is 30.2 Å². The fourth-order valence-corrected chi connectivity index (χ4v) is 6.25. The van der Waals surface area contributed by atoms with Gasteiger partial charge in [-0.3, -0.25) is 4.79 Å². The number of anilines is 1. The Morgan fingerprint density at radius 3 is 2.65 bits per heavy atom. The number of hydrogen-bond acceptors (Lipinski definition) is 6. The van der Waals surface area contributed by atoms with Crippen LogP contribution in [-0.4, -0.2) is 47.0 Å². The molecule has 0 aromatic carbocycles. The molecule has 4 heterocycles. The van der Waals surface area contributed by atoms with Crippen LogP contribution in [0.4, 0.5) is 5.82 Å². The summed E-state index contributed by atoms with van der Waals surface area (Å²) >= 11 is 1.86. The van der Waals surface area contributed by atoms with Crippen LogP contribution in [0.15, 0.2) is 22.8 Å². The van der Waals surface area contributed by atoms with Crippen LogP contribution in [0.25, 0.3) is 10.2 Å². The Bertz CT molecular complexity index is 1100. The van der Waals surface area contributed by atoms with Crippen molar-refractivity contribution in [3.8, 4) is 0 Å². The minimum atomic E-state index is -0.0326. The summed E-state index contributed by atoms with van der Waals surface area (Å²) in [5.74, 6) is 2.97. The summed E-state index contributed by atoms with van der Waals surface area (Å²) in [6.45, 7) is 11.9. The first-order valence-electron chi connectivity index (χ1n) is 11.2. The summed E-state index contributed by atoms with van der Waals surface area (Å²) in [7, 11) is 0. The number of fused-ring (bicyclic) bond motifs is 3. The van der Waals surface area contributed by atoms with Gasteiger partial charge < -0.3 is 14.2 Å². The minimum absolute atomic E-state index is 0.0326. The van der Waals surface area contributed by atoms with E-state index in [1.807, 2.05) is 23.2 Å². The lowest BCUT2D eigenvalue weighted by atomic mass is 9.72. The third-order valence-electron chi connectivity index (χ3n) is 6.82. The van der Waals surface area contributed by atoms with Gasteiger partial charge >= 0.3 is 0 Å². The lowest BCUT2D eigenvalue weighted by molar-refractivity contribution is 0.0714. The predicted octanol–water partition coefficient (Wildman–Crippen LogP) is 4.71. The highest BCUT2D eigenvalue weighted by Crippen LogP contribution is 2.45. The Balaban J connectivity index is 1.42. The van der Waals surface area contributed by atoms with Crippen LogP contribution < -0.4 is 4.90 Å². The van der Waals surface area contributed by atoms with Crippen LogP contribution in [0.1, 0.15) is 54.0 Å². The average molecular weight is 439 g/mol. The molecule has 7 heteroatoms. The lowest BCUT2D eigenvalue weighted by Gasteiger charge is -2.36. The Morgan fingerprint density at radius 2 is 1.97 bits per heavy atom. The lowest BCUT2D eigenvalue weighted by Crippen LogP contribution is -2.49. The molecule has 1 fully saturated rings. The standard InChI is InChI=1S/C24H30N4O2S/c1-15-25-21(27-9-11-28(12-10-27)23(29)18-6-5-13-30-18)20-17-8-7-16(24(2,3)4)14-19(17)31-22(20)26-15/h5-6,13,16H,7-12,14H2,1-4H3/t16-/m1/s1. The van der Waals surface area contributed by atoms with E-state index in [1.165, 1.54) is 22.2 Å². The number of carbonyl (C=O) groups excluding carboxylic acids is 1. The van der Waals surface area contributed by atoms with Crippen molar-refractivity contribution >= 4 is 33.3 Å². The fraction of sp³-hybridized carbons (Fsp3) is 0.542. The van der Waals surface area contributed by atoms with Crippen LogP contribution in [-0.2, 0) is 12.8 Å². The SMILES string of the molecule is Cc1nc(N2CCN(C(=O)c3ccco3)CC2)c2c3c(sc2n1)C[C@H](C(C)(C)C)CC3. The van der Waals surface area contributed by atoms with Gasteiger partial charge in [0.05, 0.1) is 11.6 Å². The molecular formula is C24H30N4O2S. The molecule has 0 radical (unpaired) electrons. The molecule has 1 saturated heterocycles. The van der Waals surface area contributed by atoms with E-state index in [-0.39, 0.29) is 5.91 Å². The molecule has 1 atom stereocenters. The van der Waals surface area contributed by atoms with Crippen molar-refractivity contribution in [2.24, 2.45) is 11.3 Å². The number of aromatic nitrogens is 2. The molecule has 0 N–H and O–H groups in total. The zero-order valence-electron chi connectivity index (χ0n) is 18.8. The molecule has 1 aliphatic carbocycles. The second-order valence-corrected chi connectivity index (χ2v) is 10.9. The Labute approximate surface area is 187 Å². The number of nitrogens with zero attached hydrogens (tertiary/aromatic N) is 4. The van der Waals surface area contributed by atoms with Gasteiger partial charge in [0, 0.05) is 31.1 Å². The third-order valence-corrected chi connectivity index (χ3v) is 7.97. The number of thiophene rings is 1. The number of aryl methyl sites for hydroxylation is 2. The van der Waals surface area contributed by atoms with Crippen molar-refractivity contribution in [3.05, 3.63) is 40.4 Å². The van der Waals surface area contributed by atoms with Crippen LogP contribution >= 0.6 is 11.3 Å². The van der Waals surface area contributed by atoms with Crippen molar-refractivity contribution in [1.82, 2.24) is 14.9 Å². The van der Waals surface area contributed by atoms with Crippen LogP contribution in [0.3, 0.4) is 0 Å². The van der Waals surface area contributed by atoms with E-state index in [0.717, 1.165) is 42.4 Å². The summed E-state index contributed by atoms with van der Waals surface area (Å²) < 4.78 is 5.29. The van der Waals surface area contributed by atoms with Crippen LogP contribution in [0, 0.1) is 18.3 Å². The summed E-state index contributed by atoms with van der Waals surface area (Å²) in [6.07, 6.45) is 5.02. The second kappa shape index (κ2) is 7.62. The summed E-state index contributed by atoms with van der Waals surface area (Å²) in [5.41, 5.74) is 1.79. The molecular weight excluding hydrogens is 408 g/mol. The fourth-order valence-electron chi connectivity index (χ4n) is 4.91. The molecule has 164 valence electrons. The Morgan fingerprint density at radius 1 is 1.19 bits per heavy atom. The molecule has 6 nitrogen and oxygen atoms in total.